The zero-order valence-electron chi connectivity index (χ0n) is 13.8. The van der Waals surface area contributed by atoms with E-state index in [1.165, 1.54) is 0 Å². The molecule has 1 atom stereocenters. The molecule has 6 heteroatoms. The lowest BCUT2D eigenvalue weighted by molar-refractivity contribution is 0.0679. The second-order valence-corrected chi connectivity index (χ2v) is 6.34. The molecule has 0 aliphatic carbocycles. The maximum absolute atomic E-state index is 11.9. The van der Waals surface area contributed by atoms with Crippen LogP contribution in [0.4, 0.5) is 10.5 Å². The molecular weight excluding hydrogens is 340 g/mol. The van der Waals surface area contributed by atoms with Crippen molar-refractivity contribution in [2.75, 3.05) is 18.5 Å². The molecule has 132 valence electrons. The number of halogens is 1. The summed E-state index contributed by atoms with van der Waals surface area (Å²) in [5, 5.41) is 6.13. The van der Waals surface area contributed by atoms with Gasteiger partial charge in [0.05, 0.1) is 6.10 Å². The highest BCUT2D eigenvalue weighted by Crippen LogP contribution is 2.17. The van der Waals surface area contributed by atoms with Crippen LogP contribution in [-0.2, 0) is 11.3 Å². The van der Waals surface area contributed by atoms with Crippen molar-refractivity contribution in [2.45, 2.75) is 25.5 Å². The minimum Gasteiger partial charge on any atom is -0.491 e. The van der Waals surface area contributed by atoms with E-state index in [1.807, 2.05) is 24.3 Å². The van der Waals surface area contributed by atoms with E-state index in [0.29, 0.717) is 23.9 Å². The molecule has 1 aliphatic heterocycles. The smallest absolute Gasteiger partial charge is 0.319 e. The maximum Gasteiger partial charge on any atom is 0.319 e. The largest absolute Gasteiger partial charge is 0.491 e. The van der Waals surface area contributed by atoms with Crippen molar-refractivity contribution in [1.29, 1.82) is 0 Å². The number of anilines is 1. The predicted molar refractivity (Wildman–Crippen MR) is 98.2 cm³/mol. The average Bonchev–Trinajstić information content (AvgIpc) is 3.13. The first kappa shape index (κ1) is 17.6. The third-order valence-corrected chi connectivity index (χ3v) is 4.15. The average molecular weight is 361 g/mol. The van der Waals surface area contributed by atoms with Crippen LogP contribution in [0.15, 0.2) is 48.5 Å². The fourth-order valence-corrected chi connectivity index (χ4v) is 2.78. The van der Waals surface area contributed by atoms with Crippen molar-refractivity contribution in [3.8, 4) is 5.75 Å². The van der Waals surface area contributed by atoms with Gasteiger partial charge in [0.25, 0.3) is 0 Å². The second-order valence-electron chi connectivity index (χ2n) is 5.91. The van der Waals surface area contributed by atoms with Gasteiger partial charge in [0.15, 0.2) is 0 Å². The van der Waals surface area contributed by atoms with E-state index in [2.05, 4.69) is 10.6 Å². The molecule has 0 aromatic heterocycles. The van der Waals surface area contributed by atoms with Crippen LogP contribution in [0, 0.1) is 0 Å². The summed E-state index contributed by atoms with van der Waals surface area (Å²) in [6.45, 7) is 1.84. The number of hydrogen-bond acceptors (Lipinski definition) is 3. The number of carbonyl (C=O) groups is 1. The van der Waals surface area contributed by atoms with E-state index in [-0.39, 0.29) is 12.1 Å². The molecular formula is C19H21ClN2O3. The van der Waals surface area contributed by atoms with Crippen LogP contribution in [0.25, 0.3) is 0 Å². The predicted octanol–water partition coefficient (Wildman–Crippen LogP) is 4.22. The summed E-state index contributed by atoms with van der Waals surface area (Å²) in [7, 11) is 0. The number of benzene rings is 2. The van der Waals surface area contributed by atoms with Crippen molar-refractivity contribution in [1.82, 2.24) is 5.32 Å². The minimum atomic E-state index is -0.277. The number of urea groups is 1. The number of nitrogens with one attached hydrogen (secondary N) is 2. The van der Waals surface area contributed by atoms with E-state index < -0.39 is 0 Å². The summed E-state index contributed by atoms with van der Waals surface area (Å²) in [6.07, 6.45) is 2.37. The zero-order chi connectivity index (χ0) is 17.5. The Balaban J connectivity index is 1.42. The molecule has 3 rings (SSSR count). The topological polar surface area (TPSA) is 59.6 Å². The van der Waals surface area contributed by atoms with Gasteiger partial charge in [0.2, 0.25) is 0 Å². The SMILES string of the molecule is O=C(NCc1ccc(OC[C@H]2CCCO2)cc1)Nc1cccc(Cl)c1. The zero-order valence-corrected chi connectivity index (χ0v) is 14.6. The van der Waals surface area contributed by atoms with Gasteiger partial charge in [-0.3, -0.25) is 0 Å². The van der Waals surface area contributed by atoms with E-state index in [9.17, 15) is 4.79 Å². The molecule has 0 spiro atoms. The highest BCUT2D eigenvalue weighted by Gasteiger charge is 2.15. The van der Waals surface area contributed by atoms with Crippen molar-refractivity contribution < 1.29 is 14.3 Å². The summed E-state index contributed by atoms with van der Waals surface area (Å²) in [4.78, 5) is 11.9. The number of carbonyl (C=O) groups excluding carboxylic acids is 1. The highest BCUT2D eigenvalue weighted by atomic mass is 35.5. The van der Waals surface area contributed by atoms with Crippen molar-refractivity contribution >= 4 is 23.3 Å². The number of amides is 2. The Bertz CT molecular complexity index is 700. The molecule has 1 fully saturated rings. The molecule has 0 bridgehead atoms. The van der Waals surface area contributed by atoms with Crippen LogP contribution in [-0.4, -0.2) is 25.3 Å². The molecule has 0 radical (unpaired) electrons. The Kier molecular flexibility index (Phi) is 6.14. The van der Waals surface area contributed by atoms with E-state index in [4.69, 9.17) is 21.1 Å². The Morgan fingerprint density at radius 2 is 2.08 bits per heavy atom. The summed E-state index contributed by atoms with van der Waals surface area (Å²) >= 11 is 5.89. The Labute approximate surface area is 152 Å². The van der Waals surface area contributed by atoms with Gasteiger partial charge in [-0.25, -0.2) is 4.79 Å². The van der Waals surface area contributed by atoms with Gasteiger partial charge in [-0.05, 0) is 48.7 Å². The fourth-order valence-electron chi connectivity index (χ4n) is 2.59. The molecule has 1 saturated heterocycles. The Morgan fingerprint density at radius 1 is 1.24 bits per heavy atom. The van der Waals surface area contributed by atoms with Crippen LogP contribution in [0.1, 0.15) is 18.4 Å². The third kappa shape index (κ3) is 5.66. The first-order valence-corrected chi connectivity index (χ1v) is 8.70. The van der Waals surface area contributed by atoms with Crippen LogP contribution < -0.4 is 15.4 Å². The molecule has 2 N–H and O–H groups in total. The molecule has 5 nitrogen and oxygen atoms in total. The molecule has 2 aromatic carbocycles. The molecule has 25 heavy (non-hydrogen) atoms. The fraction of sp³-hybridized carbons (Fsp3) is 0.316. The Hall–Kier alpha value is -2.24. The monoisotopic (exact) mass is 360 g/mol. The van der Waals surface area contributed by atoms with Gasteiger partial charge in [-0.1, -0.05) is 29.8 Å². The molecule has 0 saturated carbocycles. The molecule has 2 aromatic rings. The molecule has 0 unspecified atom stereocenters. The summed E-state index contributed by atoms with van der Waals surface area (Å²) in [6, 6.07) is 14.4. The van der Waals surface area contributed by atoms with Crippen molar-refractivity contribution in [3.63, 3.8) is 0 Å². The van der Waals surface area contributed by atoms with Gasteiger partial charge < -0.3 is 20.1 Å². The third-order valence-electron chi connectivity index (χ3n) is 3.92. The van der Waals surface area contributed by atoms with Gasteiger partial charge >= 0.3 is 6.03 Å². The summed E-state index contributed by atoms with van der Waals surface area (Å²) in [5.74, 6) is 0.808. The maximum atomic E-state index is 11.9. The van der Waals surface area contributed by atoms with Crippen LogP contribution in [0.5, 0.6) is 5.75 Å². The Morgan fingerprint density at radius 3 is 2.80 bits per heavy atom. The molecule has 1 aliphatic rings. The number of hydrogen-bond donors (Lipinski definition) is 2. The lowest BCUT2D eigenvalue weighted by Crippen LogP contribution is -2.28. The quantitative estimate of drug-likeness (QED) is 0.810. The summed E-state index contributed by atoms with van der Waals surface area (Å²) in [5.41, 5.74) is 1.65. The highest BCUT2D eigenvalue weighted by molar-refractivity contribution is 6.30. The normalized spacial score (nSPS) is 16.4. The molecule has 2 amide bonds. The standard InChI is InChI=1S/C19H21ClN2O3/c20-15-3-1-4-16(11-15)22-19(23)21-12-14-6-8-17(9-7-14)25-13-18-5-2-10-24-18/h1,3-4,6-9,11,18H,2,5,10,12-13H2,(H2,21,22,23)/t18-/m1/s1. The summed E-state index contributed by atoms with van der Waals surface area (Å²) < 4.78 is 11.3. The van der Waals surface area contributed by atoms with E-state index >= 15 is 0 Å². The first-order chi connectivity index (χ1) is 12.2. The molecule has 1 heterocycles. The van der Waals surface area contributed by atoms with Gasteiger partial charge in [0, 0.05) is 23.9 Å². The van der Waals surface area contributed by atoms with Crippen LogP contribution in [0.2, 0.25) is 5.02 Å². The lowest BCUT2D eigenvalue weighted by atomic mass is 10.2. The number of rotatable bonds is 6. The van der Waals surface area contributed by atoms with Crippen LogP contribution >= 0.6 is 11.6 Å². The van der Waals surface area contributed by atoms with Crippen LogP contribution in [0.3, 0.4) is 0 Å². The number of ether oxygens (including phenoxy) is 2. The van der Waals surface area contributed by atoms with Crippen molar-refractivity contribution in [3.05, 3.63) is 59.1 Å². The van der Waals surface area contributed by atoms with Gasteiger partial charge in [0.1, 0.15) is 12.4 Å². The lowest BCUT2D eigenvalue weighted by Gasteiger charge is -2.12. The van der Waals surface area contributed by atoms with Gasteiger partial charge in [-0.15, -0.1) is 0 Å². The van der Waals surface area contributed by atoms with Gasteiger partial charge in [-0.2, -0.15) is 0 Å². The van der Waals surface area contributed by atoms with E-state index in [0.717, 1.165) is 30.8 Å². The first-order valence-electron chi connectivity index (χ1n) is 8.33. The minimum absolute atomic E-state index is 0.205. The van der Waals surface area contributed by atoms with E-state index in [1.54, 1.807) is 24.3 Å². The second kappa shape index (κ2) is 8.74. The van der Waals surface area contributed by atoms with Crippen molar-refractivity contribution in [2.24, 2.45) is 0 Å².